The normalized spacial score (nSPS) is 11.4. The van der Waals surface area contributed by atoms with Crippen LogP contribution < -0.4 is 5.32 Å². The van der Waals surface area contributed by atoms with Gasteiger partial charge in [0.2, 0.25) is 0 Å². The second-order valence-electron chi connectivity index (χ2n) is 4.36. The monoisotopic (exact) mass is 314 g/mol. The van der Waals surface area contributed by atoms with Crippen LogP contribution in [0.25, 0.3) is 0 Å². The van der Waals surface area contributed by atoms with Crippen molar-refractivity contribution in [2.45, 2.75) is 11.1 Å². The molecule has 0 radical (unpaired) electrons. The molecule has 0 atom stereocenters. The van der Waals surface area contributed by atoms with E-state index in [-0.39, 0.29) is 5.91 Å². The molecule has 112 valence electrons. The number of thioether (sulfide) groups is 1. The third-order valence-corrected chi connectivity index (χ3v) is 3.84. The van der Waals surface area contributed by atoms with E-state index in [1.807, 2.05) is 0 Å². The van der Waals surface area contributed by atoms with Gasteiger partial charge in [-0.15, -0.1) is 11.8 Å². The van der Waals surface area contributed by atoms with Gasteiger partial charge in [0.05, 0.1) is 11.4 Å². The molecule has 21 heavy (non-hydrogen) atoms. The lowest BCUT2D eigenvalue weighted by atomic mass is 10.3. The van der Waals surface area contributed by atoms with Crippen LogP contribution >= 0.6 is 11.8 Å². The number of anilines is 1. The maximum atomic E-state index is 12.3. The number of aromatic nitrogens is 1. The van der Waals surface area contributed by atoms with Crippen LogP contribution in [-0.2, 0) is 7.05 Å². The number of nitrogens with zero attached hydrogens (tertiary/aromatic N) is 1. The highest BCUT2D eigenvalue weighted by Gasteiger charge is 2.27. The van der Waals surface area contributed by atoms with Crippen molar-refractivity contribution in [2.75, 3.05) is 11.1 Å². The zero-order valence-corrected chi connectivity index (χ0v) is 12.0. The molecule has 3 nitrogen and oxygen atoms in total. The quantitative estimate of drug-likeness (QED) is 0.868. The van der Waals surface area contributed by atoms with Crippen molar-refractivity contribution >= 4 is 23.4 Å². The summed E-state index contributed by atoms with van der Waals surface area (Å²) >= 11 is 0.651. The van der Waals surface area contributed by atoms with Crippen molar-refractivity contribution in [3.63, 3.8) is 0 Å². The lowest BCUT2D eigenvalue weighted by Gasteiger charge is -2.12. The Balaban J connectivity index is 2.13. The van der Waals surface area contributed by atoms with E-state index in [1.54, 1.807) is 54.2 Å². The molecule has 0 bridgehead atoms. The summed E-state index contributed by atoms with van der Waals surface area (Å²) in [6.45, 7) is 0. The van der Waals surface area contributed by atoms with Gasteiger partial charge in [0.15, 0.2) is 0 Å². The Morgan fingerprint density at radius 2 is 1.95 bits per heavy atom. The van der Waals surface area contributed by atoms with E-state index in [1.165, 1.54) is 0 Å². The Morgan fingerprint density at radius 3 is 2.57 bits per heavy atom. The fourth-order valence-electron chi connectivity index (χ4n) is 1.74. The number of nitrogens with one attached hydrogen (secondary N) is 1. The molecular weight excluding hydrogens is 301 g/mol. The SMILES string of the molecule is Cn1cccc1C(=O)Nc1ccccc1SCC(F)(F)F. The largest absolute Gasteiger partial charge is 0.398 e. The molecule has 1 amide bonds. The van der Waals surface area contributed by atoms with E-state index < -0.39 is 11.9 Å². The van der Waals surface area contributed by atoms with E-state index >= 15 is 0 Å². The number of halogens is 3. The van der Waals surface area contributed by atoms with Crippen LogP contribution in [0.4, 0.5) is 18.9 Å². The molecule has 0 saturated heterocycles. The summed E-state index contributed by atoms with van der Waals surface area (Å²) in [4.78, 5) is 12.5. The topological polar surface area (TPSA) is 34.0 Å². The second-order valence-corrected chi connectivity index (χ2v) is 5.38. The van der Waals surface area contributed by atoms with Gasteiger partial charge in [-0.05, 0) is 24.3 Å². The Bertz CT molecular complexity index is 637. The number of carbonyl (C=O) groups excluding carboxylic acids is 1. The van der Waals surface area contributed by atoms with Gasteiger partial charge in [-0.25, -0.2) is 0 Å². The zero-order chi connectivity index (χ0) is 15.5. The zero-order valence-electron chi connectivity index (χ0n) is 11.1. The molecule has 2 aromatic rings. The van der Waals surface area contributed by atoms with Gasteiger partial charge >= 0.3 is 6.18 Å². The summed E-state index contributed by atoms with van der Waals surface area (Å²) in [5.41, 5.74) is 0.809. The number of hydrogen-bond acceptors (Lipinski definition) is 2. The lowest BCUT2D eigenvalue weighted by Crippen LogP contribution is -2.16. The molecule has 1 N–H and O–H groups in total. The highest BCUT2D eigenvalue weighted by atomic mass is 32.2. The number of rotatable bonds is 4. The predicted octanol–water partition coefficient (Wildman–Crippen LogP) is 3.93. The smallest absolute Gasteiger partial charge is 0.347 e. The summed E-state index contributed by atoms with van der Waals surface area (Å²) in [5, 5.41) is 2.64. The third-order valence-electron chi connectivity index (χ3n) is 2.70. The van der Waals surface area contributed by atoms with E-state index in [2.05, 4.69) is 5.32 Å². The van der Waals surface area contributed by atoms with Crippen LogP contribution in [0.3, 0.4) is 0 Å². The first-order valence-electron chi connectivity index (χ1n) is 6.08. The molecule has 2 rings (SSSR count). The van der Waals surface area contributed by atoms with E-state index in [9.17, 15) is 18.0 Å². The Labute approximate surface area is 124 Å². The molecule has 0 spiro atoms. The van der Waals surface area contributed by atoms with Gasteiger partial charge in [0, 0.05) is 18.1 Å². The third kappa shape index (κ3) is 4.29. The predicted molar refractivity (Wildman–Crippen MR) is 76.6 cm³/mol. The summed E-state index contributed by atoms with van der Waals surface area (Å²) in [5.74, 6) is -1.35. The summed E-state index contributed by atoms with van der Waals surface area (Å²) in [7, 11) is 1.72. The van der Waals surface area contributed by atoms with Crippen molar-refractivity contribution in [2.24, 2.45) is 7.05 Å². The van der Waals surface area contributed by atoms with Crippen molar-refractivity contribution in [3.05, 3.63) is 48.3 Å². The second kappa shape index (κ2) is 6.26. The molecule has 0 aliphatic carbocycles. The number of amides is 1. The Morgan fingerprint density at radius 1 is 1.24 bits per heavy atom. The fourth-order valence-corrected chi connectivity index (χ4v) is 2.51. The number of aryl methyl sites for hydroxylation is 1. The number of hydrogen-bond donors (Lipinski definition) is 1. The van der Waals surface area contributed by atoms with Crippen molar-refractivity contribution < 1.29 is 18.0 Å². The van der Waals surface area contributed by atoms with Gasteiger partial charge in [0.25, 0.3) is 5.91 Å². The summed E-state index contributed by atoms with van der Waals surface area (Å²) in [6, 6.07) is 9.80. The van der Waals surface area contributed by atoms with Gasteiger partial charge in [-0.3, -0.25) is 4.79 Å². The molecule has 7 heteroatoms. The van der Waals surface area contributed by atoms with Gasteiger partial charge in [0.1, 0.15) is 5.69 Å². The first-order valence-corrected chi connectivity index (χ1v) is 7.06. The van der Waals surface area contributed by atoms with E-state index in [0.717, 1.165) is 0 Å². The van der Waals surface area contributed by atoms with Crippen molar-refractivity contribution in [3.8, 4) is 0 Å². The van der Waals surface area contributed by atoms with Gasteiger partial charge < -0.3 is 9.88 Å². The molecular formula is C14H13F3N2OS. The number of alkyl halides is 3. The standard InChI is InChI=1S/C14H13F3N2OS/c1-19-8-4-6-11(19)13(20)18-10-5-2-3-7-12(10)21-9-14(15,16)17/h2-8H,9H2,1H3,(H,18,20). The van der Waals surface area contributed by atoms with E-state index in [4.69, 9.17) is 0 Å². The molecule has 1 aromatic carbocycles. The van der Waals surface area contributed by atoms with Crippen LogP contribution in [0.1, 0.15) is 10.5 Å². The molecule has 0 unspecified atom stereocenters. The van der Waals surface area contributed by atoms with Gasteiger partial charge in [-0.2, -0.15) is 13.2 Å². The minimum absolute atomic E-state index is 0.359. The highest BCUT2D eigenvalue weighted by molar-refractivity contribution is 7.99. The number of para-hydroxylation sites is 1. The summed E-state index contributed by atoms with van der Waals surface area (Å²) in [6.07, 6.45) is -2.53. The molecule has 0 aliphatic rings. The van der Waals surface area contributed by atoms with Gasteiger partial charge in [-0.1, -0.05) is 12.1 Å². The molecule has 0 aliphatic heterocycles. The Hall–Kier alpha value is -1.89. The molecule has 1 heterocycles. The van der Waals surface area contributed by atoms with E-state index in [0.29, 0.717) is 28.0 Å². The fraction of sp³-hybridized carbons (Fsp3) is 0.214. The van der Waals surface area contributed by atoms with Crippen LogP contribution in [0.15, 0.2) is 47.5 Å². The maximum Gasteiger partial charge on any atom is 0.398 e. The highest BCUT2D eigenvalue weighted by Crippen LogP contribution is 2.32. The molecule has 0 saturated carbocycles. The van der Waals surface area contributed by atoms with Crippen LogP contribution in [0.5, 0.6) is 0 Å². The van der Waals surface area contributed by atoms with Crippen LogP contribution in [0.2, 0.25) is 0 Å². The number of benzene rings is 1. The van der Waals surface area contributed by atoms with Crippen molar-refractivity contribution in [1.29, 1.82) is 0 Å². The average Bonchev–Trinajstić information content (AvgIpc) is 2.83. The minimum Gasteiger partial charge on any atom is -0.347 e. The lowest BCUT2D eigenvalue weighted by molar-refractivity contribution is -0.105. The maximum absolute atomic E-state index is 12.3. The van der Waals surface area contributed by atoms with Crippen LogP contribution in [-0.4, -0.2) is 22.4 Å². The summed E-state index contributed by atoms with van der Waals surface area (Å²) < 4.78 is 38.5. The molecule has 1 aromatic heterocycles. The van der Waals surface area contributed by atoms with Crippen LogP contribution in [0, 0.1) is 0 Å². The van der Waals surface area contributed by atoms with Crippen molar-refractivity contribution in [1.82, 2.24) is 4.57 Å². The first-order chi connectivity index (χ1) is 9.87. The average molecular weight is 314 g/mol. The number of carbonyl (C=O) groups is 1. The minimum atomic E-state index is -4.25. The first kappa shape index (κ1) is 15.5. The Kier molecular flexibility index (Phi) is 4.62. The molecule has 0 fully saturated rings.